The predicted octanol–water partition coefficient (Wildman–Crippen LogP) is 4.11. The molecule has 3 aliphatic rings. The van der Waals surface area contributed by atoms with Crippen molar-refractivity contribution >= 4 is 23.5 Å². The first kappa shape index (κ1) is 26.2. The van der Waals surface area contributed by atoms with Gasteiger partial charge in [-0.3, -0.25) is 10.2 Å². The summed E-state index contributed by atoms with van der Waals surface area (Å²) in [5.74, 6) is 0.215. The number of nitrogens with one attached hydrogen (secondary N) is 1. The molecule has 210 valence electrons. The molecule has 2 aromatic heterocycles. The Bertz CT molecular complexity index is 1420. The summed E-state index contributed by atoms with van der Waals surface area (Å²) in [5, 5.41) is 2.70. The number of ether oxygens (including phenoxy) is 3. The summed E-state index contributed by atoms with van der Waals surface area (Å²) >= 11 is 0. The van der Waals surface area contributed by atoms with E-state index in [4.69, 9.17) is 14.2 Å². The maximum absolute atomic E-state index is 13.4. The molecule has 0 radical (unpaired) electrons. The Balaban J connectivity index is 1.19. The highest BCUT2D eigenvalue weighted by molar-refractivity contribution is 6.03. The van der Waals surface area contributed by atoms with Gasteiger partial charge in [0.15, 0.2) is 23.2 Å². The lowest BCUT2D eigenvalue weighted by atomic mass is 10.1. The van der Waals surface area contributed by atoms with E-state index in [2.05, 4.69) is 30.2 Å². The molecule has 2 bridgehead atoms. The zero-order valence-corrected chi connectivity index (χ0v) is 21.7. The summed E-state index contributed by atoms with van der Waals surface area (Å²) in [6.45, 7) is 5.62. The van der Waals surface area contributed by atoms with E-state index in [1.807, 2.05) is 13.8 Å². The molecular weight excluding hydrogens is 531 g/mol. The van der Waals surface area contributed by atoms with Crippen LogP contribution in [0.1, 0.15) is 25.8 Å². The first-order valence-corrected chi connectivity index (χ1v) is 12.7. The number of amides is 2. The van der Waals surface area contributed by atoms with Crippen molar-refractivity contribution < 1.29 is 32.2 Å². The van der Waals surface area contributed by atoms with Gasteiger partial charge in [0.25, 0.3) is 0 Å². The van der Waals surface area contributed by atoms with Crippen LogP contribution in [0.5, 0.6) is 5.75 Å². The highest BCUT2D eigenvalue weighted by atomic mass is 19.4. The largest absolute Gasteiger partial charge is 0.488 e. The highest BCUT2D eigenvalue weighted by Crippen LogP contribution is 2.40. The van der Waals surface area contributed by atoms with E-state index < -0.39 is 23.6 Å². The van der Waals surface area contributed by atoms with Gasteiger partial charge in [-0.05, 0) is 32.4 Å². The fourth-order valence-electron chi connectivity index (χ4n) is 4.99. The first-order chi connectivity index (χ1) is 19.1. The van der Waals surface area contributed by atoms with Crippen LogP contribution in [0, 0.1) is 0 Å². The number of fused-ring (bicyclic) bond motifs is 4. The number of carbonyl (C=O) groups is 1. The Morgan fingerprint density at radius 3 is 2.73 bits per heavy atom. The third kappa shape index (κ3) is 5.23. The molecule has 0 spiro atoms. The number of anilines is 3. The Morgan fingerprint density at radius 1 is 1.20 bits per heavy atom. The zero-order valence-electron chi connectivity index (χ0n) is 21.7. The average molecular weight is 558 g/mol. The number of hydrogen-bond donors (Lipinski definition) is 1. The SMILES string of the molecule is CC1(C)OCC(COc2cnc(NC(=O)N3c4nc(-c5cccc(C(F)(F)F)c5)ncc4N4CC[C@H]3C4)nc2)O1. The third-order valence-corrected chi connectivity index (χ3v) is 6.86. The summed E-state index contributed by atoms with van der Waals surface area (Å²) in [6.07, 6.45) is 0.403. The number of urea groups is 1. The molecule has 11 nitrogen and oxygen atoms in total. The molecule has 2 fully saturated rings. The van der Waals surface area contributed by atoms with E-state index in [-0.39, 0.29) is 36.1 Å². The molecule has 1 aromatic carbocycles. The van der Waals surface area contributed by atoms with Gasteiger partial charge in [0.2, 0.25) is 5.95 Å². The molecule has 2 amide bonds. The molecule has 0 aliphatic carbocycles. The Kier molecular flexibility index (Phi) is 6.45. The van der Waals surface area contributed by atoms with Crippen LogP contribution in [0.2, 0.25) is 0 Å². The molecule has 14 heteroatoms. The van der Waals surface area contributed by atoms with Gasteiger partial charge in [-0.25, -0.2) is 24.7 Å². The maximum atomic E-state index is 13.4. The number of nitrogens with zero attached hydrogens (tertiary/aromatic N) is 6. The van der Waals surface area contributed by atoms with Gasteiger partial charge in [0, 0.05) is 18.7 Å². The lowest BCUT2D eigenvalue weighted by Crippen LogP contribution is -2.48. The minimum absolute atomic E-state index is 0.0630. The quantitative estimate of drug-likeness (QED) is 0.495. The summed E-state index contributed by atoms with van der Waals surface area (Å²) in [5.41, 5.74) is 0.0239. The molecule has 40 heavy (non-hydrogen) atoms. The number of alkyl halides is 3. The van der Waals surface area contributed by atoms with Gasteiger partial charge in [-0.15, -0.1) is 0 Å². The molecule has 1 N–H and O–H groups in total. The normalized spacial score (nSPS) is 21.3. The molecular formula is C26H26F3N7O4. The fourth-order valence-corrected chi connectivity index (χ4v) is 4.99. The number of carbonyl (C=O) groups excluding carboxylic acids is 1. The average Bonchev–Trinajstić information content (AvgIpc) is 3.50. The Labute approximate surface area is 227 Å². The van der Waals surface area contributed by atoms with Crippen LogP contribution in [0.3, 0.4) is 0 Å². The van der Waals surface area contributed by atoms with E-state index in [1.165, 1.54) is 29.4 Å². The smallest absolute Gasteiger partial charge is 0.416 e. The standard InChI is InChI=1S/C26H26F3N7O4/c1-25(2)39-14-19(40-25)13-38-18-9-31-23(32-10-18)34-24(37)36-17-6-7-35(12-17)20-11-30-21(33-22(20)36)15-4-3-5-16(8-15)26(27,28)29/h3-5,8-11,17,19H,6-7,12-14H2,1-2H3,(H,31,32,34,37)/t17-,19?/m0/s1. The van der Waals surface area contributed by atoms with Crippen molar-refractivity contribution in [3.63, 3.8) is 0 Å². The molecule has 2 saturated heterocycles. The van der Waals surface area contributed by atoms with Crippen molar-refractivity contribution in [1.29, 1.82) is 0 Å². The van der Waals surface area contributed by atoms with E-state index in [9.17, 15) is 18.0 Å². The van der Waals surface area contributed by atoms with Crippen molar-refractivity contribution in [1.82, 2.24) is 19.9 Å². The molecule has 3 aromatic rings. The molecule has 2 atom stereocenters. The highest BCUT2D eigenvalue weighted by Gasteiger charge is 2.41. The van der Waals surface area contributed by atoms with Crippen LogP contribution >= 0.6 is 0 Å². The monoisotopic (exact) mass is 557 g/mol. The Morgan fingerprint density at radius 2 is 2.00 bits per heavy atom. The van der Waals surface area contributed by atoms with E-state index >= 15 is 0 Å². The summed E-state index contributed by atoms with van der Waals surface area (Å²) in [6, 6.07) is 4.10. The fraction of sp³-hybridized carbons (Fsp3) is 0.423. The molecule has 5 heterocycles. The van der Waals surface area contributed by atoms with Gasteiger partial charge >= 0.3 is 12.2 Å². The van der Waals surface area contributed by atoms with Gasteiger partial charge in [-0.2, -0.15) is 13.2 Å². The van der Waals surface area contributed by atoms with Crippen molar-refractivity contribution in [2.75, 3.05) is 41.4 Å². The number of halogens is 3. The van der Waals surface area contributed by atoms with Crippen LogP contribution in [-0.4, -0.2) is 70.2 Å². The van der Waals surface area contributed by atoms with Gasteiger partial charge < -0.3 is 19.1 Å². The van der Waals surface area contributed by atoms with E-state index in [0.717, 1.165) is 12.1 Å². The van der Waals surface area contributed by atoms with Crippen molar-refractivity contribution in [2.45, 2.75) is 44.4 Å². The van der Waals surface area contributed by atoms with Crippen LogP contribution in [0.25, 0.3) is 11.4 Å². The molecule has 1 unspecified atom stereocenters. The van der Waals surface area contributed by atoms with Crippen molar-refractivity contribution in [2.24, 2.45) is 0 Å². The lowest BCUT2D eigenvalue weighted by Gasteiger charge is -2.35. The second-order valence-electron chi connectivity index (χ2n) is 10.2. The summed E-state index contributed by atoms with van der Waals surface area (Å²) < 4.78 is 56.7. The lowest BCUT2D eigenvalue weighted by molar-refractivity contribution is -0.141. The van der Waals surface area contributed by atoms with E-state index in [0.29, 0.717) is 43.4 Å². The van der Waals surface area contributed by atoms with Crippen molar-refractivity contribution in [3.8, 4) is 17.1 Å². The number of hydrogen-bond acceptors (Lipinski definition) is 9. The van der Waals surface area contributed by atoms with Crippen LogP contribution in [0.4, 0.5) is 35.4 Å². The second kappa shape index (κ2) is 9.86. The van der Waals surface area contributed by atoms with Gasteiger partial charge in [0.1, 0.15) is 12.7 Å². The topological polar surface area (TPSA) is 115 Å². The number of benzene rings is 1. The van der Waals surface area contributed by atoms with Gasteiger partial charge in [-0.1, -0.05) is 12.1 Å². The molecule has 6 rings (SSSR count). The van der Waals surface area contributed by atoms with Crippen LogP contribution < -0.4 is 19.9 Å². The van der Waals surface area contributed by atoms with Crippen LogP contribution in [-0.2, 0) is 15.7 Å². The molecule has 0 saturated carbocycles. The predicted molar refractivity (Wildman–Crippen MR) is 137 cm³/mol. The zero-order chi connectivity index (χ0) is 28.1. The number of aromatic nitrogens is 4. The first-order valence-electron chi connectivity index (χ1n) is 12.7. The second-order valence-corrected chi connectivity index (χ2v) is 10.2. The molecule has 3 aliphatic heterocycles. The Hall–Kier alpha value is -4.04. The van der Waals surface area contributed by atoms with Gasteiger partial charge in [0.05, 0.1) is 42.5 Å². The minimum Gasteiger partial charge on any atom is -0.488 e. The summed E-state index contributed by atoms with van der Waals surface area (Å²) in [4.78, 5) is 34.2. The summed E-state index contributed by atoms with van der Waals surface area (Å²) in [7, 11) is 0. The number of rotatable bonds is 5. The minimum atomic E-state index is -4.50. The van der Waals surface area contributed by atoms with Crippen LogP contribution in [0.15, 0.2) is 42.9 Å². The maximum Gasteiger partial charge on any atom is 0.416 e. The third-order valence-electron chi connectivity index (χ3n) is 6.86. The van der Waals surface area contributed by atoms with Crippen molar-refractivity contribution in [3.05, 3.63) is 48.4 Å². The van der Waals surface area contributed by atoms with E-state index in [1.54, 1.807) is 6.20 Å².